The molecule has 1 rings (SSSR count). The highest BCUT2D eigenvalue weighted by Gasteiger charge is 2.26. The largest absolute Gasteiger partial charge is 0.499 e. The van der Waals surface area contributed by atoms with E-state index in [1.165, 1.54) is 6.26 Å². The van der Waals surface area contributed by atoms with Gasteiger partial charge < -0.3 is 14.2 Å². The van der Waals surface area contributed by atoms with Crippen LogP contribution in [0.4, 0.5) is 22.0 Å². The van der Waals surface area contributed by atoms with Crippen molar-refractivity contribution in [1.82, 2.24) is 0 Å². The first kappa shape index (κ1) is 16.2. The summed E-state index contributed by atoms with van der Waals surface area (Å²) >= 11 is 0. The minimum Gasteiger partial charge on any atom is -0.499 e. The lowest BCUT2D eigenvalue weighted by Gasteiger charge is -2.10. The Hall–Kier alpha value is -1.83. The van der Waals surface area contributed by atoms with Crippen molar-refractivity contribution in [2.75, 3.05) is 26.4 Å². The molecule has 0 aromatic heterocycles. The average Bonchev–Trinajstić information content (AvgIpc) is 2.45. The second-order valence-electron chi connectivity index (χ2n) is 3.40. The molecule has 1 aromatic rings. The van der Waals surface area contributed by atoms with E-state index in [1.54, 1.807) is 0 Å². The summed E-state index contributed by atoms with van der Waals surface area (Å²) in [5.74, 6) is -11.7. The van der Waals surface area contributed by atoms with E-state index in [2.05, 4.69) is 11.3 Å². The molecule has 20 heavy (non-hydrogen) atoms. The van der Waals surface area contributed by atoms with E-state index >= 15 is 0 Å². The molecule has 0 saturated carbocycles. The molecule has 1 aromatic carbocycles. The molecule has 0 atom stereocenters. The molecular weight excluding hydrogens is 287 g/mol. The highest BCUT2D eigenvalue weighted by Crippen LogP contribution is 2.28. The number of ether oxygens (including phenoxy) is 3. The van der Waals surface area contributed by atoms with Crippen LogP contribution in [-0.2, 0) is 9.47 Å². The molecule has 0 fully saturated rings. The van der Waals surface area contributed by atoms with Gasteiger partial charge in [0.2, 0.25) is 29.1 Å². The van der Waals surface area contributed by atoms with Gasteiger partial charge in [-0.1, -0.05) is 6.58 Å². The van der Waals surface area contributed by atoms with E-state index in [9.17, 15) is 22.0 Å². The highest BCUT2D eigenvalue weighted by molar-refractivity contribution is 5.29. The van der Waals surface area contributed by atoms with E-state index in [0.717, 1.165) is 0 Å². The van der Waals surface area contributed by atoms with E-state index in [0.29, 0.717) is 0 Å². The van der Waals surface area contributed by atoms with Crippen molar-refractivity contribution >= 4 is 0 Å². The van der Waals surface area contributed by atoms with Crippen molar-refractivity contribution < 1.29 is 36.2 Å². The van der Waals surface area contributed by atoms with Crippen LogP contribution in [-0.4, -0.2) is 26.4 Å². The standard InChI is InChI=1S/C12H11F5O3/c1-2-18-3-4-19-5-6-20-12-10(16)8(14)7(13)9(15)11(12)17/h2H,1,3-6H2. The molecule has 0 radical (unpaired) electrons. The van der Waals surface area contributed by atoms with Crippen molar-refractivity contribution in [2.24, 2.45) is 0 Å². The summed E-state index contributed by atoms with van der Waals surface area (Å²) < 4.78 is 78.8. The molecule has 0 amide bonds. The van der Waals surface area contributed by atoms with Crippen molar-refractivity contribution in [3.8, 4) is 5.75 Å². The van der Waals surface area contributed by atoms with Crippen molar-refractivity contribution in [2.45, 2.75) is 0 Å². The van der Waals surface area contributed by atoms with Gasteiger partial charge in [-0.15, -0.1) is 0 Å². The zero-order chi connectivity index (χ0) is 15.1. The molecule has 0 aliphatic heterocycles. The van der Waals surface area contributed by atoms with Crippen LogP contribution in [0, 0.1) is 29.1 Å². The Morgan fingerprint density at radius 3 is 1.80 bits per heavy atom. The Bertz CT molecular complexity index is 450. The molecule has 112 valence electrons. The predicted molar refractivity (Wildman–Crippen MR) is 58.7 cm³/mol. The van der Waals surface area contributed by atoms with Gasteiger partial charge in [-0.05, 0) is 0 Å². The van der Waals surface area contributed by atoms with Crippen molar-refractivity contribution in [3.05, 3.63) is 41.9 Å². The van der Waals surface area contributed by atoms with Gasteiger partial charge in [0.05, 0.1) is 19.5 Å². The second kappa shape index (κ2) is 7.68. The van der Waals surface area contributed by atoms with Crippen LogP contribution in [0.2, 0.25) is 0 Å². The lowest BCUT2D eigenvalue weighted by molar-refractivity contribution is 0.0632. The highest BCUT2D eigenvalue weighted by atomic mass is 19.2. The average molecular weight is 298 g/mol. The zero-order valence-electron chi connectivity index (χ0n) is 10.2. The van der Waals surface area contributed by atoms with Crippen LogP contribution in [0.3, 0.4) is 0 Å². The quantitative estimate of drug-likeness (QED) is 0.243. The lowest BCUT2D eigenvalue weighted by Crippen LogP contribution is -2.13. The number of hydrogen-bond donors (Lipinski definition) is 0. The van der Waals surface area contributed by atoms with Gasteiger partial charge in [0, 0.05) is 0 Å². The van der Waals surface area contributed by atoms with E-state index < -0.39 is 34.8 Å². The fourth-order valence-corrected chi connectivity index (χ4v) is 1.21. The molecule has 0 aliphatic rings. The smallest absolute Gasteiger partial charge is 0.206 e. The molecule has 0 heterocycles. The maximum Gasteiger partial charge on any atom is 0.206 e. The zero-order valence-corrected chi connectivity index (χ0v) is 10.2. The predicted octanol–water partition coefficient (Wildman–Crippen LogP) is 2.94. The summed E-state index contributed by atoms with van der Waals surface area (Å²) in [7, 11) is 0. The molecule has 3 nitrogen and oxygen atoms in total. The first-order valence-corrected chi connectivity index (χ1v) is 5.45. The van der Waals surface area contributed by atoms with Crippen LogP contribution in [0.25, 0.3) is 0 Å². The SMILES string of the molecule is C=COCCOCCOc1c(F)c(F)c(F)c(F)c1F. The molecule has 0 aliphatic carbocycles. The first-order chi connectivity index (χ1) is 9.50. The molecule has 8 heteroatoms. The molecular formula is C12H11F5O3. The van der Waals surface area contributed by atoms with Crippen LogP contribution >= 0.6 is 0 Å². The summed E-state index contributed by atoms with van der Waals surface area (Å²) in [6.45, 7) is 3.17. The van der Waals surface area contributed by atoms with Crippen molar-refractivity contribution in [3.63, 3.8) is 0 Å². The summed E-state index contributed by atoms with van der Waals surface area (Å²) in [5, 5.41) is 0. The summed E-state index contributed by atoms with van der Waals surface area (Å²) in [6.07, 6.45) is 1.20. The third kappa shape index (κ3) is 3.83. The van der Waals surface area contributed by atoms with Crippen LogP contribution < -0.4 is 4.74 Å². The van der Waals surface area contributed by atoms with Gasteiger partial charge in [0.15, 0.2) is 5.75 Å². The monoisotopic (exact) mass is 298 g/mol. The summed E-state index contributed by atoms with van der Waals surface area (Å²) in [5.41, 5.74) is 0. The Morgan fingerprint density at radius 2 is 1.25 bits per heavy atom. The molecule has 0 N–H and O–H groups in total. The van der Waals surface area contributed by atoms with Gasteiger partial charge in [-0.25, -0.2) is 13.2 Å². The molecule has 0 unspecified atom stereocenters. The topological polar surface area (TPSA) is 27.7 Å². The van der Waals surface area contributed by atoms with E-state index in [-0.39, 0.29) is 26.4 Å². The van der Waals surface area contributed by atoms with E-state index in [4.69, 9.17) is 9.47 Å². The first-order valence-electron chi connectivity index (χ1n) is 5.45. The molecule has 0 saturated heterocycles. The Morgan fingerprint density at radius 1 is 0.750 bits per heavy atom. The Kier molecular flexibility index (Phi) is 6.23. The number of hydrogen-bond acceptors (Lipinski definition) is 3. The fraction of sp³-hybridized carbons (Fsp3) is 0.333. The second-order valence-corrected chi connectivity index (χ2v) is 3.40. The fourth-order valence-electron chi connectivity index (χ4n) is 1.21. The summed E-state index contributed by atoms with van der Waals surface area (Å²) in [6, 6.07) is 0. The van der Waals surface area contributed by atoms with Crippen LogP contribution in [0.5, 0.6) is 5.75 Å². The van der Waals surface area contributed by atoms with Gasteiger partial charge >= 0.3 is 0 Å². The lowest BCUT2D eigenvalue weighted by atomic mass is 10.2. The number of halogens is 5. The Labute approximate surface area is 111 Å². The molecule has 0 spiro atoms. The maximum atomic E-state index is 13.2. The summed E-state index contributed by atoms with van der Waals surface area (Å²) in [4.78, 5) is 0. The van der Waals surface area contributed by atoms with Crippen LogP contribution in [0.15, 0.2) is 12.8 Å². The minimum atomic E-state index is -2.23. The minimum absolute atomic E-state index is 0.111. The van der Waals surface area contributed by atoms with E-state index in [1.807, 2.05) is 0 Å². The Balaban J connectivity index is 2.54. The number of rotatable bonds is 8. The van der Waals surface area contributed by atoms with Gasteiger partial charge in [0.25, 0.3) is 0 Å². The van der Waals surface area contributed by atoms with Crippen molar-refractivity contribution in [1.29, 1.82) is 0 Å². The number of benzene rings is 1. The third-order valence-corrected chi connectivity index (χ3v) is 2.11. The van der Waals surface area contributed by atoms with Gasteiger partial charge in [0.1, 0.15) is 13.2 Å². The van der Waals surface area contributed by atoms with Gasteiger partial charge in [-0.2, -0.15) is 8.78 Å². The normalized spacial score (nSPS) is 10.4. The third-order valence-electron chi connectivity index (χ3n) is 2.11. The van der Waals surface area contributed by atoms with Gasteiger partial charge in [-0.3, -0.25) is 0 Å². The molecule has 0 bridgehead atoms. The maximum absolute atomic E-state index is 13.2. The van der Waals surface area contributed by atoms with Crippen LogP contribution in [0.1, 0.15) is 0 Å².